The van der Waals surface area contributed by atoms with Crippen molar-refractivity contribution in [3.05, 3.63) is 17.7 Å². The third-order valence-corrected chi connectivity index (χ3v) is 2.12. The number of anilines is 1. The second kappa shape index (κ2) is 3.25. The van der Waals surface area contributed by atoms with E-state index in [-0.39, 0.29) is 11.5 Å². The first-order valence-electron chi connectivity index (χ1n) is 4.66. The SMILES string of the molecule is CCNc1cc2c(cc1C)OC(F)(F)O2. The van der Waals surface area contributed by atoms with E-state index in [0.29, 0.717) is 0 Å². The zero-order valence-corrected chi connectivity index (χ0v) is 8.43. The molecule has 1 aromatic rings. The lowest BCUT2D eigenvalue weighted by Crippen LogP contribution is -2.25. The van der Waals surface area contributed by atoms with Gasteiger partial charge in [-0.3, -0.25) is 0 Å². The van der Waals surface area contributed by atoms with Gasteiger partial charge >= 0.3 is 6.29 Å². The number of nitrogens with one attached hydrogen (secondary N) is 1. The molecular formula is C10H11F2NO2. The van der Waals surface area contributed by atoms with Gasteiger partial charge in [-0.1, -0.05) is 0 Å². The van der Waals surface area contributed by atoms with Crippen molar-refractivity contribution in [2.24, 2.45) is 0 Å². The minimum atomic E-state index is -3.54. The largest absolute Gasteiger partial charge is 0.586 e. The van der Waals surface area contributed by atoms with Crippen LogP contribution in [0.25, 0.3) is 0 Å². The Morgan fingerprint density at radius 1 is 1.27 bits per heavy atom. The summed E-state index contributed by atoms with van der Waals surface area (Å²) in [5, 5.41) is 3.05. The maximum absolute atomic E-state index is 12.7. The average Bonchev–Trinajstić information content (AvgIpc) is 2.39. The van der Waals surface area contributed by atoms with Crippen LogP contribution in [0.2, 0.25) is 0 Å². The smallest absolute Gasteiger partial charge is 0.395 e. The number of ether oxygens (including phenoxy) is 2. The predicted molar refractivity (Wildman–Crippen MR) is 51.5 cm³/mol. The molecule has 2 rings (SSSR count). The molecule has 0 amide bonds. The molecule has 0 unspecified atom stereocenters. The number of hydrogen-bond acceptors (Lipinski definition) is 3. The number of alkyl halides is 2. The molecule has 0 aliphatic carbocycles. The van der Waals surface area contributed by atoms with Crippen LogP contribution in [0.15, 0.2) is 12.1 Å². The van der Waals surface area contributed by atoms with Crippen molar-refractivity contribution in [2.75, 3.05) is 11.9 Å². The molecule has 1 aliphatic heterocycles. The molecular weight excluding hydrogens is 204 g/mol. The number of aryl methyl sites for hydroxylation is 1. The summed E-state index contributed by atoms with van der Waals surface area (Å²) in [5.74, 6) is 0.153. The maximum Gasteiger partial charge on any atom is 0.586 e. The fourth-order valence-corrected chi connectivity index (χ4v) is 1.48. The van der Waals surface area contributed by atoms with Crippen LogP contribution in [0.4, 0.5) is 14.5 Å². The van der Waals surface area contributed by atoms with Gasteiger partial charge in [0.15, 0.2) is 11.5 Å². The fraction of sp³-hybridized carbons (Fsp3) is 0.400. The summed E-state index contributed by atoms with van der Waals surface area (Å²) in [5.41, 5.74) is 1.62. The molecule has 0 atom stereocenters. The molecule has 82 valence electrons. The highest BCUT2D eigenvalue weighted by atomic mass is 19.3. The molecule has 1 aliphatic rings. The van der Waals surface area contributed by atoms with Gasteiger partial charge in [0.25, 0.3) is 0 Å². The quantitative estimate of drug-likeness (QED) is 0.822. The lowest BCUT2D eigenvalue weighted by molar-refractivity contribution is -0.286. The summed E-state index contributed by atoms with van der Waals surface area (Å²) in [6, 6.07) is 3.06. The molecule has 0 radical (unpaired) electrons. The first-order chi connectivity index (χ1) is 7.02. The van der Waals surface area contributed by atoms with E-state index in [1.54, 1.807) is 0 Å². The van der Waals surface area contributed by atoms with Gasteiger partial charge in [0.05, 0.1) is 0 Å². The lowest BCUT2D eigenvalue weighted by atomic mass is 10.2. The number of benzene rings is 1. The van der Waals surface area contributed by atoms with Gasteiger partial charge in [0, 0.05) is 18.3 Å². The molecule has 5 heteroatoms. The summed E-state index contributed by atoms with van der Waals surface area (Å²) in [6.07, 6.45) is -3.54. The summed E-state index contributed by atoms with van der Waals surface area (Å²) in [4.78, 5) is 0. The molecule has 0 aromatic heterocycles. The number of rotatable bonds is 2. The normalized spacial score (nSPS) is 16.5. The van der Waals surface area contributed by atoms with Gasteiger partial charge < -0.3 is 14.8 Å². The van der Waals surface area contributed by atoms with E-state index in [1.807, 2.05) is 13.8 Å². The Balaban J connectivity index is 2.36. The van der Waals surface area contributed by atoms with E-state index in [4.69, 9.17) is 0 Å². The highest BCUT2D eigenvalue weighted by molar-refractivity contribution is 5.60. The fourth-order valence-electron chi connectivity index (χ4n) is 1.48. The van der Waals surface area contributed by atoms with Crippen LogP contribution >= 0.6 is 0 Å². The standard InChI is InChI=1S/C10H11F2NO2/c1-3-13-7-5-9-8(4-6(7)2)14-10(11,12)15-9/h4-5,13H,3H2,1-2H3. The summed E-state index contributed by atoms with van der Waals surface area (Å²) >= 11 is 0. The third kappa shape index (κ3) is 1.82. The number of hydrogen-bond donors (Lipinski definition) is 1. The molecule has 0 spiro atoms. The Hall–Kier alpha value is -1.52. The Morgan fingerprint density at radius 2 is 1.87 bits per heavy atom. The predicted octanol–water partition coefficient (Wildman–Crippen LogP) is 2.75. The van der Waals surface area contributed by atoms with Gasteiger partial charge in [-0.25, -0.2) is 0 Å². The highest BCUT2D eigenvalue weighted by Crippen LogP contribution is 2.43. The molecule has 1 heterocycles. The molecule has 0 saturated heterocycles. The first-order valence-corrected chi connectivity index (χ1v) is 4.66. The number of fused-ring (bicyclic) bond motifs is 1. The van der Waals surface area contributed by atoms with E-state index < -0.39 is 6.29 Å². The third-order valence-electron chi connectivity index (χ3n) is 2.12. The average molecular weight is 215 g/mol. The monoisotopic (exact) mass is 215 g/mol. The Bertz CT molecular complexity index is 393. The van der Waals surface area contributed by atoms with Crippen molar-refractivity contribution < 1.29 is 18.3 Å². The first kappa shape index (κ1) is 10.0. The Morgan fingerprint density at radius 3 is 2.47 bits per heavy atom. The summed E-state index contributed by atoms with van der Waals surface area (Å²) < 4.78 is 34.1. The second-order valence-electron chi connectivity index (χ2n) is 3.31. The lowest BCUT2D eigenvalue weighted by Gasteiger charge is -2.07. The van der Waals surface area contributed by atoms with Crippen LogP contribution in [-0.2, 0) is 0 Å². The molecule has 15 heavy (non-hydrogen) atoms. The molecule has 0 fully saturated rings. The molecule has 1 aromatic carbocycles. The molecule has 0 saturated carbocycles. The van der Waals surface area contributed by atoms with Gasteiger partial charge in [-0.05, 0) is 25.5 Å². The van der Waals surface area contributed by atoms with Gasteiger partial charge in [0.1, 0.15) is 0 Å². The van der Waals surface area contributed by atoms with Gasteiger partial charge in [-0.15, -0.1) is 8.78 Å². The van der Waals surface area contributed by atoms with Crippen LogP contribution in [0, 0.1) is 6.92 Å². The van der Waals surface area contributed by atoms with Crippen molar-refractivity contribution in [1.29, 1.82) is 0 Å². The van der Waals surface area contributed by atoms with Crippen molar-refractivity contribution in [3.8, 4) is 11.5 Å². The van der Waals surface area contributed by atoms with Gasteiger partial charge in [0.2, 0.25) is 0 Å². The van der Waals surface area contributed by atoms with Crippen molar-refractivity contribution >= 4 is 5.69 Å². The van der Waals surface area contributed by atoms with Crippen molar-refractivity contribution in [1.82, 2.24) is 0 Å². The van der Waals surface area contributed by atoms with E-state index in [0.717, 1.165) is 17.8 Å². The molecule has 1 N–H and O–H groups in total. The van der Waals surface area contributed by atoms with Crippen LogP contribution in [-0.4, -0.2) is 12.8 Å². The van der Waals surface area contributed by atoms with E-state index >= 15 is 0 Å². The number of halogens is 2. The Labute approximate surface area is 86.0 Å². The van der Waals surface area contributed by atoms with Crippen molar-refractivity contribution in [3.63, 3.8) is 0 Å². The highest BCUT2D eigenvalue weighted by Gasteiger charge is 2.43. The van der Waals surface area contributed by atoms with Crippen LogP contribution in [0.3, 0.4) is 0 Å². The van der Waals surface area contributed by atoms with Crippen LogP contribution in [0.1, 0.15) is 12.5 Å². The second-order valence-corrected chi connectivity index (χ2v) is 3.31. The van der Waals surface area contributed by atoms with E-state index in [2.05, 4.69) is 14.8 Å². The Kier molecular flexibility index (Phi) is 2.17. The summed E-state index contributed by atoms with van der Waals surface area (Å²) in [6.45, 7) is 4.47. The topological polar surface area (TPSA) is 30.5 Å². The minimum Gasteiger partial charge on any atom is -0.395 e. The van der Waals surface area contributed by atoms with Gasteiger partial charge in [-0.2, -0.15) is 0 Å². The van der Waals surface area contributed by atoms with Crippen molar-refractivity contribution in [2.45, 2.75) is 20.1 Å². The van der Waals surface area contributed by atoms with Crippen LogP contribution in [0.5, 0.6) is 11.5 Å². The van der Waals surface area contributed by atoms with Crippen LogP contribution < -0.4 is 14.8 Å². The zero-order chi connectivity index (χ0) is 11.1. The molecule has 0 bridgehead atoms. The minimum absolute atomic E-state index is 0.0709. The summed E-state index contributed by atoms with van der Waals surface area (Å²) in [7, 11) is 0. The van der Waals surface area contributed by atoms with E-state index in [9.17, 15) is 8.78 Å². The zero-order valence-electron chi connectivity index (χ0n) is 8.43. The maximum atomic E-state index is 12.7. The van der Waals surface area contributed by atoms with E-state index in [1.165, 1.54) is 12.1 Å². The molecule has 3 nitrogen and oxygen atoms in total.